The summed E-state index contributed by atoms with van der Waals surface area (Å²) in [5.74, 6) is 0.817. The van der Waals surface area contributed by atoms with Gasteiger partial charge in [-0.3, -0.25) is 9.79 Å². The van der Waals surface area contributed by atoms with E-state index >= 15 is 0 Å². The summed E-state index contributed by atoms with van der Waals surface area (Å²) in [6.07, 6.45) is 5.19. The second-order valence-corrected chi connectivity index (χ2v) is 4.72. The van der Waals surface area contributed by atoms with E-state index in [1.807, 2.05) is 0 Å². The number of methoxy groups -OCH3 is 1. The first-order valence-corrected chi connectivity index (χ1v) is 6.99. The van der Waals surface area contributed by atoms with Gasteiger partial charge in [0.2, 0.25) is 5.91 Å². The lowest BCUT2D eigenvalue weighted by Crippen LogP contribution is -2.41. The molecule has 1 fully saturated rings. The van der Waals surface area contributed by atoms with Crippen LogP contribution < -0.4 is 16.0 Å². The lowest BCUT2D eigenvalue weighted by Gasteiger charge is -2.13. The molecule has 0 saturated heterocycles. The van der Waals surface area contributed by atoms with Gasteiger partial charge < -0.3 is 20.7 Å². The maximum Gasteiger partial charge on any atom is 0.221 e. The predicted octanol–water partition coefficient (Wildman–Crippen LogP) is 0.865. The quantitative estimate of drug-likeness (QED) is 0.258. The van der Waals surface area contributed by atoms with E-state index in [-0.39, 0.29) is 29.9 Å². The Balaban J connectivity index is 0.00000361. The molecule has 7 heteroatoms. The van der Waals surface area contributed by atoms with Crippen LogP contribution in [0.3, 0.4) is 0 Å². The van der Waals surface area contributed by atoms with Gasteiger partial charge in [0.1, 0.15) is 0 Å². The van der Waals surface area contributed by atoms with Crippen LogP contribution in [0.2, 0.25) is 0 Å². The minimum atomic E-state index is 0. The molecule has 118 valence electrons. The monoisotopic (exact) mass is 398 g/mol. The summed E-state index contributed by atoms with van der Waals surface area (Å²) in [6.45, 7) is 1.92. The maximum atomic E-state index is 11.7. The van der Waals surface area contributed by atoms with Gasteiger partial charge in [-0.05, 0) is 12.8 Å². The highest BCUT2D eigenvalue weighted by Crippen LogP contribution is 2.17. The number of ether oxygens (including phenoxy) is 1. The largest absolute Gasteiger partial charge is 0.383 e. The zero-order valence-electron chi connectivity index (χ0n) is 12.4. The Kier molecular flexibility index (Phi) is 11.8. The molecule has 0 aromatic carbocycles. The molecule has 1 aliphatic rings. The van der Waals surface area contributed by atoms with E-state index < -0.39 is 0 Å². The standard InChI is InChI=1S/C13H26N4O2.HI/c1-14-13(16-9-10-19-2)15-8-7-12(18)17-11-5-3-4-6-11;/h11H,3-10H2,1-2H3,(H,17,18)(H2,14,15,16);1H. The third kappa shape index (κ3) is 8.57. The van der Waals surface area contributed by atoms with Crippen LogP contribution >= 0.6 is 24.0 Å². The normalized spacial score (nSPS) is 15.6. The van der Waals surface area contributed by atoms with Crippen LogP contribution in [-0.4, -0.2) is 51.8 Å². The van der Waals surface area contributed by atoms with Crippen LogP contribution in [0.5, 0.6) is 0 Å². The summed E-state index contributed by atoms with van der Waals surface area (Å²) in [6, 6.07) is 0.395. The number of rotatable bonds is 7. The Morgan fingerprint density at radius 1 is 1.25 bits per heavy atom. The second kappa shape index (κ2) is 12.2. The van der Waals surface area contributed by atoms with E-state index in [1.54, 1.807) is 14.2 Å². The van der Waals surface area contributed by atoms with Crippen molar-refractivity contribution in [2.24, 2.45) is 4.99 Å². The van der Waals surface area contributed by atoms with Crippen LogP contribution in [0.25, 0.3) is 0 Å². The predicted molar refractivity (Wildman–Crippen MR) is 91.7 cm³/mol. The van der Waals surface area contributed by atoms with E-state index in [1.165, 1.54) is 12.8 Å². The molecule has 0 aromatic heterocycles. The van der Waals surface area contributed by atoms with Crippen LogP contribution in [-0.2, 0) is 9.53 Å². The number of halogens is 1. The number of amides is 1. The molecule has 0 aliphatic heterocycles. The van der Waals surface area contributed by atoms with Crippen LogP contribution in [0.15, 0.2) is 4.99 Å². The van der Waals surface area contributed by atoms with E-state index in [9.17, 15) is 4.79 Å². The minimum Gasteiger partial charge on any atom is -0.383 e. The molecule has 20 heavy (non-hydrogen) atoms. The lowest BCUT2D eigenvalue weighted by molar-refractivity contribution is -0.121. The van der Waals surface area contributed by atoms with Crippen molar-refractivity contribution in [1.29, 1.82) is 0 Å². The topological polar surface area (TPSA) is 74.8 Å². The van der Waals surface area contributed by atoms with Gasteiger partial charge in [0.25, 0.3) is 0 Å². The van der Waals surface area contributed by atoms with Crippen LogP contribution in [0.4, 0.5) is 0 Å². The maximum absolute atomic E-state index is 11.7. The molecule has 0 heterocycles. The van der Waals surface area contributed by atoms with E-state index in [0.29, 0.717) is 38.1 Å². The highest BCUT2D eigenvalue weighted by Gasteiger charge is 2.16. The first kappa shape index (κ1) is 19.4. The van der Waals surface area contributed by atoms with Gasteiger partial charge in [0, 0.05) is 39.7 Å². The number of carbonyl (C=O) groups is 1. The van der Waals surface area contributed by atoms with E-state index in [4.69, 9.17) is 4.74 Å². The number of hydrogen-bond donors (Lipinski definition) is 3. The molecule has 0 radical (unpaired) electrons. The van der Waals surface area contributed by atoms with Crippen molar-refractivity contribution in [1.82, 2.24) is 16.0 Å². The SMILES string of the molecule is CN=C(NCCOC)NCCC(=O)NC1CCCC1.I. The smallest absolute Gasteiger partial charge is 0.221 e. The van der Waals surface area contributed by atoms with Crippen molar-refractivity contribution in [3.8, 4) is 0 Å². The number of nitrogens with one attached hydrogen (secondary N) is 3. The highest BCUT2D eigenvalue weighted by atomic mass is 127. The van der Waals surface area contributed by atoms with Gasteiger partial charge >= 0.3 is 0 Å². The number of nitrogens with zero attached hydrogens (tertiary/aromatic N) is 1. The lowest BCUT2D eigenvalue weighted by atomic mass is 10.2. The van der Waals surface area contributed by atoms with E-state index in [2.05, 4.69) is 20.9 Å². The van der Waals surface area contributed by atoms with Gasteiger partial charge in [-0.15, -0.1) is 24.0 Å². The molecule has 0 aromatic rings. The first-order valence-electron chi connectivity index (χ1n) is 6.99. The van der Waals surface area contributed by atoms with Crippen molar-refractivity contribution in [3.63, 3.8) is 0 Å². The Morgan fingerprint density at radius 2 is 1.90 bits per heavy atom. The summed E-state index contributed by atoms with van der Waals surface area (Å²) in [5.41, 5.74) is 0. The zero-order valence-corrected chi connectivity index (χ0v) is 14.7. The fourth-order valence-corrected chi connectivity index (χ4v) is 2.16. The third-order valence-corrected chi connectivity index (χ3v) is 3.19. The summed E-state index contributed by atoms with van der Waals surface area (Å²) >= 11 is 0. The average molecular weight is 398 g/mol. The number of aliphatic imine (C=N–C) groups is 1. The van der Waals surface area contributed by atoms with Crippen LogP contribution in [0, 0.1) is 0 Å². The number of carbonyl (C=O) groups excluding carboxylic acids is 1. The summed E-state index contributed by atoms with van der Waals surface area (Å²) in [7, 11) is 3.37. The molecule has 6 nitrogen and oxygen atoms in total. The van der Waals surface area contributed by atoms with Crippen molar-refractivity contribution in [2.75, 3.05) is 33.9 Å². The first-order chi connectivity index (χ1) is 9.26. The molecule has 0 bridgehead atoms. The van der Waals surface area contributed by atoms with Gasteiger partial charge in [0.15, 0.2) is 5.96 Å². The van der Waals surface area contributed by atoms with Gasteiger partial charge in [-0.25, -0.2) is 0 Å². The average Bonchev–Trinajstić information content (AvgIpc) is 2.90. The van der Waals surface area contributed by atoms with Crippen molar-refractivity contribution >= 4 is 35.8 Å². The third-order valence-electron chi connectivity index (χ3n) is 3.19. The number of guanidine groups is 1. The Bertz CT molecular complexity index is 294. The molecule has 0 unspecified atom stereocenters. The molecular weight excluding hydrogens is 371 g/mol. The van der Waals surface area contributed by atoms with Gasteiger partial charge in [0.05, 0.1) is 6.61 Å². The summed E-state index contributed by atoms with van der Waals surface area (Å²) in [5, 5.41) is 9.27. The zero-order chi connectivity index (χ0) is 13.9. The molecule has 1 saturated carbocycles. The minimum absolute atomic E-state index is 0. The molecular formula is C13H27IN4O2. The van der Waals surface area contributed by atoms with E-state index in [0.717, 1.165) is 12.8 Å². The Hall–Kier alpha value is -0.570. The molecule has 0 atom stereocenters. The van der Waals surface area contributed by atoms with Crippen molar-refractivity contribution in [2.45, 2.75) is 38.1 Å². The Labute approximate surface area is 138 Å². The van der Waals surface area contributed by atoms with Gasteiger partial charge in [-0.1, -0.05) is 12.8 Å². The Morgan fingerprint density at radius 3 is 2.50 bits per heavy atom. The van der Waals surface area contributed by atoms with Crippen molar-refractivity contribution < 1.29 is 9.53 Å². The van der Waals surface area contributed by atoms with Crippen LogP contribution in [0.1, 0.15) is 32.1 Å². The second-order valence-electron chi connectivity index (χ2n) is 4.72. The van der Waals surface area contributed by atoms with Gasteiger partial charge in [-0.2, -0.15) is 0 Å². The molecule has 3 N–H and O–H groups in total. The molecule has 1 aliphatic carbocycles. The summed E-state index contributed by atoms with van der Waals surface area (Å²) in [4.78, 5) is 15.8. The van der Waals surface area contributed by atoms with Crippen molar-refractivity contribution in [3.05, 3.63) is 0 Å². The molecule has 1 rings (SSSR count). The summed E-state index contributed by atoms with van der Waals surface area (Å²) < 4.78 is 4.94. The molecule has 0 spiro atoms. The molecule has 1 amide bonds. The fraction of sp³-hybridized carbons (Fsp3) is 0.846. The number of hydrogen-bond acceptors (Lipinski definition) is 3. The fourth-order valence-electron chi connectivity index (χ4n) is 2.16. The highest BCUT2D eigenvalue weighted by molar-refractivity contribution is 14.0.